The van der Waals surface area contributed by atoms with Crippen LogP contribution in [0, 0.1) is 11.3 Å². The van der Waals surface area contributed by atoms with Gasteiger partial charge in [0.1, 0.15) is 5.75 Å². The molecule has 0 unspecified atom stereocenters. The van der Waals surface area contributed by atoms with Crippen molar-refractivity contribution in [3.63, 3.8) is 0 Å². The molecule has 4 heteroatoms. The third-order valence-electron chi connectivity index (χ3n) is 3.48. The number of nitriles is 1. The molecule has 1 aromatic rings. The van der Waals surface area contributed by atoms with Crippen molar-refractivity contribution < 1.29 is 4.74 Å². The molecular weight excluding hydrogens is 250 g/mol. The monoisotopic (exact) mass is 273 g/mol. The Labute approximate surface area is 121 Å². The number of piperazine rings is 1. The molecule has 0 saturated carbocycles. The van der Waals surface area contributed by atoms with Crippen molar-refractivity contribution in [1.29, 1.82) is 5.26 Å². The molecule has 1 aliphatic heterocycles. The Hall–Kier alpha value is -1.73. The molecule has 0 N–H and O–H groups in total. The number of ether oxygens (including phenoxy) is 1. The minimum atomic E-state index is 0.188. The lowest BCUT2D eigenvalue weighted by molar-refractivity contribution is 0.238. The summed E-state index contributed by atoms with van der Waals surface area (Å²) in [5.74, 6) is 0.966. The van der Waals surface area contributed by atoms with Crippen LogP contribution in [0.25, 0.3) is 0 Å². The Morgan fingerprint density at radius 1 is 1.20 bits per heavy atom. The van der Waals surface area contributed by atoms with E-state index in [0.29, 0.717) is 6.42 Å². The molecule has 0 aromatic heterocycles. The van der Waals surface area contributed by atoms with E-state index in [1.165, 1.54) is 5.69 Å². The second-order valence-electron chi connectivity index (χ2n) is 5.37. The summed E-state index contributed by atoms with van der Waals surface area (Å²) in [6.07, 6.45) is 0.806. The van der Waals surface area contributed by atoms with Gasteiger partial charge in [-0.15, -0.1) is 0 Å². The normalized spacial score (nSPS) is 16.2. The molecule has 0 bridgehead atoms. The molecule has 0 aliphatic carbocycles. The van der Waals surface area contributed by atoms with Crippen molar-refractivity contribution in [2.45, 2.75) is 26.4 Å². The van der Waals surface area contributed by atoms with Crippen LogP contribution in [0.3, 0.4) is 0 Å². The van der Waals surface area contributed by atoms with E-state index in [9.17, 15) is 0 Å². The molecule has 1 heterocycles. The topological polar surface area (TPSA) is 39.5 Å². The number of para-hydroxylation sites is 2. The fourth-order valence-corrected chi connectivity index (χ4v) is 2.49. The van der Waals surface area contributed by atoms with E-state index in [1.807, 2.05) is 12.1 Å². The summed E-state index contributed by atoms with van der Waals surface area (Å²) in [6, 6.07) is 10.5. The minimum absolute atomic E-state index is 0.188. The average Bonchev–Trinajstić information content (AvgIpc) is 2.46. The number of anilines is 1. The Kier molecular flexibility index (Phi) is 5.25. The number of hydrogen-bond acceptors (Lipinski definition) is 4. The summed E-state index contributed by atoms with van der Waals surface area (Å²) < 4.78 is 5.89. The van der Waals surface area contributed by atoms with Crippen LogP contribution in [0.1, 0.15) is 20.3 Å². The SMILES string of the molecule is CC(C)Oc1ccccc1N1CCN(CCC#N)CC1. The second-order valence-corrected chi connectivity index (χ2v) is 5.37. The fraction of sp³-hybridized carbons (Fsp3) is 0.562. The summed E-state index contributed by atoms with van der Waals surface area (Å²) in [4.78, 5) is 4.73. The van der Waals surface area contributed by atoms with E-state index in [4.69, 9.17) is 10.00 Å². The third kappa shape index (κ3) is 3.88. The van der Waals surface area contributed by atoms with Crippen molar-refractivity contribution in [2.24, 2.45) is 0 Å². The Balaban J connectivity index is 1.98. The summed E-state index contributed by atoms with van der Waals surface area (Å²) in [6.45, 7) is 8.99. The van der Waals surface area contributed by atoms with Crippen LogP contribution in [0.2, 0.25) is 0 Å². The molecule has 1 fully saturated rings. The van der Waals surface area contributed by atoms with Gasteiger partial charge in [0.05, 0.1) is 17.9 Å². The first-order chi connectivity index (χ1) is 9.70. The third-order valence-corrected chi connectivity index (χ3v) is 3.48. The van der Waals surface area contributed by atoms with Gasteiger partial charge in [-0.3, -0.25) is 4.90 Å². The summed E-state index contributed by atoms with van der Waals surface area (Å²) in [7, 11) is 0. The highest BCUT2D eigenvalue weighted by Gasteiger charge is 2.19. The lowest BCUT2D eigenvalue weighted by Gasteiger charge is -2.36. The average molecular weight is 273 g/mol. The van der Waals surface area contributed by atoms with Crippen LogP contribution in [-0.2, 0) is 0 Å². The molecule has 20 heavy (non-hydrogen) atoms. The zero-order valence-corrected chi connectivity index (χ0v) is 12.4. The maximum atomic E-state index is 8.64. The van der Waals surface area contributed by atoms with Gasteiger partial charge in [-0.1, -0.05) is 12.1 Å². The van der Waals surface area contributed by atoms with Crippen molar-refractivity contribution in [1.82, 2.24) is 4.90 Å². The molecule has 0 radical (unpaired) electrons. The van der Waals surface area contributed by atoms with Crippen LogP contribution in [-0.4, -0.2) is 43.7 Å². The first-order valence-electron chi connectivity index (χ1n) is 7.30. The van der Waals surface area contributed by atoms with Gasteiger partial charge in [-0.25, -0.2) is 0 Å². The smallest absolute Gasteiger partial charge is 0.142 e. The van der Waals surface area contributed by atoms with Gasteiger partial charge >= 0.3 is 0 Å². The molecule has 1 aliphatic rings. The summed E-state index contributed by atoms with van der Waals surface area (Å²) in [5, 5.41) is 8.64. The highest BCUT2D eigenvalue weighted by molar-refractivity contribution is 5.58. The molecule has 1 saturated heterocycles. The van der Waals surface area contributed by atoms with E-state index in [1.54, 1.807) is 0 Å². The van der Waals surface area contributed by atoms with E-state index in [-0.39, 0.29) is 6.10 Å². The van der Waals surface area contributed by atoms with Gasteiger partial charge in [0.2, 0.25) is 0 Å². The lowest BCUT2D eigenvalue weighted by Crippen LogP contribution is -2.46. The predicted octanol–water partition coefficient (Wildman–Crippen LogP) is 2.51. The van der Waals surface area contributed by atoms with Crippen molar-refractivity contribution in [2.75, 3.05) is 37.6 Å². The molecule has 0 atom stereocenters. The predicted molar refractivity (Wildman–Crippen MR) is 81.1 cm³/mol. The van der Waals surface area contributed by atoms with Crippen LogP contribution < -0.4 is 9.64 Å². The zero-order valence-electron chi connectivity index (χ0n) is 12.4. The first-order valence-corrected chi connectivity index (χ1v) is 7.30. The molecule has 0 spiro atoms. The van der Waals surface area contributed by atoms with E-state index in [0.717, 1.165) is 38.5 Å². The maximum Gasteiger partial charge on any atom is 0.142 e. The largest absolute Gasteiger partial charge is 0.489 e. The van der Waals surface area contributed by atoms with Gasteiger partial charge in [0.15, 0.2) is 0 Å². The van der Waals surface area contributed by atoms with Gasteiger partial charge in [-0.2, -0.15) is 5.26 Å². The molecule has 2 rings (SSSR count). The van der Waals surface area contributed by atoms with Crippen LogP contribution >= 0.6 is 0 Å². The van der Waals surface area contributed by atoms with E-state index < -0.39 is 0 Å². The van der Waals surface area contributed by atoms with Gasteiger partial charge in [0.25, 0.3) is 0 Å². The minimum Gasteiger partial charge on any atom is -0.489 e. The summed E-state index contributed by atoms with van der Waals surface area (Å²) >= 11 is 0. The van der Waals surface area contributed by atoms with Crippen molar-refractivity contribution in [3.05, 3.63) is 24.3 Å². The van der Waals surface area contributed by atoms with Crippen LogP contribution in [0.4, 0.5) is 5.69 Å². The molecule has 4 nitrogen and oxygen atoms in total. The quantitative estimate of drug-likeness (QED) is 0.826. The molecule has 108 valence electrons. The number of nitrogens with zero attached hydrogens (tertiary/aromatic N) is 3. The number of rotatable bonds is 5. The molecular formula is C16H23N3O. The van der Waals surface area contributed by atoms with E-state index in [2.05, 4.69) is 41.8 Å². The Bertz CT molecular complexity index is 459. The Morgan fingerprint density at radius 3 is 2.55 bits per heavy atom. The summed E-state index contributed by atoms with van der Waals surface area (Å²) in [5.41, 5.74) is 1.18. The lowest BCUT2D eigenvalue weighted by atomic mass is 10.2. The first kappa shape index (κ1) is 14.7. The van der Waals surface area contributed by atoms with Crippen molar-refractivity contribution >= 4 is 5.69 Å². The molecule has 1 aromatic carbocycles. The highest BCUT2D eigenvalue weighted by atomic mass is 16.5. The Morgan fingerprint density at radius 2 is 1.90 bits per heavy atom. The van der Waals surface area contributed by atoms with Crippen molar-refractivity contribution in [3.8, 4) is 11.8 Å². The van der Waals surface area contributed by atoms with Crippen LogP contribution in [0.15, 0.2) is 24.3 Å². The number of benzene rings is 1. The van der Waals surface area contributed by atoms with Gasteiger partial charge in [-0.05, 0) is 26.0 Å². The van der Waals surface area contributed by atoms with E-state index >= 15 is 0 Å². The highest BCUT2D eigenvalue weighted by Crippen LogP contribution is 2.29. The van der Waals surface area contributed by atoms with Crippen LogP contribution in [0.5, 0.6) is 5.75 Å². The standard InChI is InChI=1S/C16H23N3O/c1-14(2)20-16-7-4-3-6-15(16)19-12-10-18(11-13-19)9-5-8-17/h3-4,6-7,14H,5,9-13H2,1-2H3. The molecule has 0 amide bonds. The van der Waals surface area contributed by atoms with Gasteiger partial charge < -0.3 is 9.64 Å². The maximum absolute atomic E-state index is 8.64. The fourth-order valence-electron chi connectivity index (χ4n) is 2.49. The zero-order chi connectivity index (χ0) is 14.4. The second kappa shape index (κ2) is 7.16. The van der Waals surface area contributed by atoms with Gasteiger partial charge in [0, 0.05) is 39.1 Å². The number of hydrogen-bond donors (Lipinski definition) is 0.